The number of hydrogen-bond acceptors (Lipinski definition) is 2. The maximum atomic E-state index is 9.97. The molecule has 4 nitrogen and oxygen atoms in total. The number of alkyl halides is 1. The summed E-state index contributed by atoms with van der Waals surface area (Å²) in [5.41, 5.74) is 0. The van der Waals surface area contributed by atoms with Gasteiger partial charge in [-0.15, -0.1) is 11.6 Å². The highest BCUT2D eigenvalue weighted by atomic mass is 35.5. The normalized spacial score (nSPS) is 8.50. The summed E-state index contributed by atoms with van der Waals surface area (Å²) in [6.45, 7) is 3.14. The predicted molar refractivity (Wildman–Crippen MR) is 56.6 cm³/mol. The van der Waals surface area contributed by atoms with E-state index in [1.54, 1.807) is 0 Å². The minimum atomic E-state index is -1.03. The molecule has 0 aromatic heterocycles. The van der Waals surface area contributed by atoms with Gasteiger partial charge in [-0.05, 0) is 6.42 Å². The maximum absolute atomic E-state index is 9.97. The van der Waals surface area contributed by atoms with Crippen molar-refractivity contribution in [2.75, 3.05) is 12.4 Å². The fourth-order valence-corrected chi connectivity index (χ4v) is 0.734. The molecule has 0 saturated carbocycles. The van der Waals surface area contributed by atoms with E-state index in [0.717, 1.165) is 5.88 Å². The Balaban J connectivity index is 0. The lowest BCUT2D eigenvalue weighted by atomic mass is 10.3. The fourth-order valence-electron chi connectivity index (χ4n) is 0.545. The molecule has 0 aliphatic rings. The summed E-state index contributed by atoms with van der Waals surface area (Å²) in [6, 6.07) is 0. The molecule has 0 aromatic rings. The van der Waals surface area contributed by atoms with Crippen LogP contribution in [0.2, 0.25) is 0 Å². The number of carboxylic acid groups (broad SMARTS) is 1. The van der Waals surface area contributed by atoms with Gasteiger partial charge in [0.15, 0.2) is 0 Å². The molecular formula is C9H18ClNO3. The number of rotatable bonds is 5. The van der Waals surface area contributed by atoms with Crippen LogP contribution in [0, 0.1) is 0 Å². The van der Waals surface area contributed by atoms with Crippen molar-refractivity contribution in [3.05, 3.63) is 0 Å². The summed E-state index contributed by atoms with van der Waals surface area (Å²) in [5, 5.41) is 10.1. The van der Waals surface area contributed by atoms with Crippen molar-refractivity contribution in [3.63, 3.8) is 0 Å². The van der Waals surface area contributed by atoms with E-state index in [-0.39, 0.29) is 12.5 Å². The molecule has 0 heterocycles. The van der Waals surface area contributed by atoms with Gasteiger partial charge in [-0.1, -0.05) is 19.8 Å². The Morgan fingerprint density at radius 1 is 1.36 bits per heavy atom. The fraction of sp³-hybridized carbons (Fsp3) is 0.778. The average Bonchev–Trinajstić information content (AvgIpc) is 2.12. The van der Waals surface area contributed by atoms with E-state index in [1.165, 1.54) is 26.2 Å². The molecule has 1 amide bonds. The third-order valence-electron chi connectivity index (χ3n) is 1.23. The second kappa shape index (κ2) is 12.2. The molecule has 0 aliphatic heterocycles. The molecule has 0 aromatic carbocycles. The monoisotopic (exact) mass is 223 g/mol. The first-order valence-electron chi connectivity index (χ1n) is 4.56. The molecule has 14 heavy (non-hydrogen) atoms. The van der Waals surface area contributed by atoms with E-state index >= 15 is 0 Å². The first kappa shape index (κ1) is 15.7. The van der Waals surface area contributed by atoms with Gasteiger partial charge in [0.1, 0.15) is 6.54 Å². The highest BCUT2D eigenvalue weighted by molar-refractivity contribution is 6.17. The van der Waals surface area contributed by atoms with Crippen LogP contribution in [0.25, 0.3) is 0 Å². The Morgan fingerprint density at radius 3 is 2.07 bits per heavy atom. The van der Waals surface area contributed by atoms with Crippen LogP contribution in [0.4, 0.5) is 0 Å². The standard InChI is InChI=1S/C5H11Cl.C4H7NO3/c1-2-3-4-5-6;1-3(6)5-2-4(7)8/h2-5H2,1H3;2H2,1H3,(H,5,6)(H,7,8). The molecule has 84 valence electrons. The van der Waals surface area contributed by atoms with Crippen LogP contribution in [0.1, 0.15) is 33.1 Å². The third-order valence-corrected chi connectivity index (χ3v) is 1.49. The van der Waals surface area contributed by atoms with Gasteiger partial charge >= 0.3 is 5.97 Å². The highest BCUT2D eigenvalue weighted by Crippen LogP contribution is 1.93. The van der Waals surface area contributed by atoms with Gasteiger partial charge in [-0.25, -0.2) is 0 Å². The Kier molecular flexibility index (Phi) is 13.7. The zero-order chi connectivity index (χ0) is 11.4. The summed E-state index contributed by atoms with van der Waals surface area (Å²) in [7, 11) is 0. The molecule has 0 saturated heterocycles. The molecule has 0 aliphatic carbocycles. The summed E-state index contributed by atoms with van der Waals surface area (Å²) >= 11 is 5.38. The first-order valence-corrected chi connectivity index (χ1v) is 5.10. The lowest BCUT2D eigenvalue weighted by molar-refractivity contribution is -0.137. The summed E-state index contributed by atoms with van der Waals surface area (Å²) in [5.74, 6) is -0.527. The number of amides is 1. The topological polar surface area (TPSA) is 66.4 Å². The Morgan fingerprint density at radius 2 is 1.93 bits per heavy atom. The van der Waals surface area contributed by atoms with Crippen molar-refractivity contribution in [3.8, 4) is 0 Å². The van der Waals surface area contributed by atoms with Gasteiger partial charge in [-0.2, -0.15) is 0 Å². The smallest absolute Gasteiger partial charge is 0.322 e. The SMILES string of the molecule is CC(=O)NCC(=O)O.CCCCCCl. The Hall–Kier alpha value is -0.770. The number of unbranched alkanes of at least 4 members (excludes halogenated alkanes) is 2. The minimum Gasteiger partial charge on any atom is -0.480 e. The van der Waals surface area contributed by atoms with E-state index in [1.807, 2.05) is 0 Å². The van der Waals surface area contributed by atoms with Gasteiger partial charge in [0.05, 0.1) is 0 Å². The van der Waals surface area contributed by atoms with E-state index < -0.39 is 5.97 Å². The van der Waals surface area contributed by atoms with Crippen molar-refractivity contribution in [2.45, 2.75) is 33.1 Å². The molecule has 2 N–H and O–H groups in total. The molecular weight excluding hydrogens is 206 g/mol. The Labute approximate surface area is 89.6 Å². The predicted octanol–water partition coefficient (Wildman–Crippen LogP) is 1.62. The summed E-state index contributed by atoms with van der Waals surface area (Å²) < 4.78 is 0. The van der Waals surface area contributed by atoms with Gasteiger partial charge in [-0.3, -0.25) is 9.59 Å². The summed E-state index contributed by atoms with van der Waals surface area (Å²) in [4.78, 5) is 19.7. The van der Waals surface area contributed by atoms with E-state index in [2.05, 4.69) is 12.2 Å². The molecule has 0 rings (SSSR count). The molecule has 0 radical (unpaired) electrons. The molecule has 0 bridgehead atoms. The zero-order valence-electron chi connectivity index (χ0n) is 8.68. The molecule has 0 spiro atoms. The van der Waals surface area contributed by atoms with Gasteiger partial charge in [0, 0.05) is 12.8 Å². The second-order valence-electron chi connectivity index (χ2n) is 2.70. The maximum Gasteiger partial charge on any atom is 0.322 e. The number of halogens is 1. The first-order chi connectivity index (χ1) is 6.54. The van der Waals surface area contributed by atoms with Crippen LogP contribution in [-0.4, -0.2) is 29.4 Å². The summed E-state index contributed by atoms with van der Waals surface area (Å²) in [6.07, 6.45) is 3.73. The number of carbonyl (C=O) groups excluding carboxylic acids is 1. The van der Waals surface area contributed by atoms with Crippen LogP contribution < -0.4 is 5.32 Å². The van der Waals surface area contributed by atoms with Crippen LogP contribution in [0.3, 0.4) is 0 Å². The highest BCUT2D eigenvalue weighted by Gasteiger charge is 1.94. The third kappa shape index (κ3) is 22.5. The lowest BCUT2D eigenvalue weighted by Gasteiger charge is -1.92. The van der Waals surface area contributed by atoms with E-state index in [4.69, 9.17) is 16.7 Å². The largest absolute Gasteiger partial charge is 0.480 e. The number of nitrogens with one attached hydrogen (secondary N) is 1. The molecule has 0 unspecified atom stereocenters. The number of carbonyl (C=O) groups is 2. The van der Waals surface area contributed by atoms with E-state index in [0.29, 0.717) is 0 Å². The number of aliphatic carboxylic acids is 1. The molecule has 0 atom stereocenters. The van der Waals surface area contributed by atoms with E-state index in [9.17, 15) is 9.59 Å². The molecule has 5 heteroatoms. The van der Waals surface area contributed by atoms with Crippen LogP contribution in [0.15, 0.2) is 0 Å². The second-order valence-corrected chi connectivity index (χ2v) is 3.08. The van der Waals surface area contributed by atoms with Crippen LogP contribution in [0.5, 0.6) is 0 Å². The van der Waals surface area contributed by atoms with Crippen molar-refractivity contribution in [1.29, 1.82) is 0 Å². The molecule has 0 fully saturated rings. The van der Waals surface area contributed by atoms with Crippen molar-refractivity contribution < 1.29 is 14.7 Å². The number of hydrogen-bond donors (Lipinski definition) is 2. The van der Waals surface area contributed by atoms with Crippen molar-refractivity contribution >= 4 is 23.5 Å². The van der Waals surface area contributed by atoms with Crippen LogP contribution in [-0.2, 0) is 9.59 Å². The quantitative estimate of drug-likeness (QED) is 0.550. The van der Waals surface area contributed by atoms with Crippen molar-refractivity contribution in [1.82, 2.24) is 5.32 Å². The number of carboxylic acids is 1. The Bertz CT molecular complexity index is 144. The minimum absolute atomic E-state index is 0.296. The zero-order valence-corrected chi connectivity index (χ0v) is 9.43. The van der Waals surface area contributed by atoms with Crippen molar-refractivity contribution in [2.24, 2.45) is 0 Å². The van der Waals surface area contributed by atoms with Gasteiger partial charge in [0.2, 0.25) is 5.91 Å². The average molecular weight is 224 g/mol. The van der Waals surface area contributed by atoms with Crippen LogP contribution >= 0.6 is 11.6 Å². The lowest BCUT2D eigenvalue weighted by Crippen LogP contribution is -2.26. The van der Waals surface area contributed by atoms with Gasteiger partial charge < -0.3 is 10.4 Å². The van der Waals surface area contributed by atoms with Gasteiger partial charge in [0.25, 0.3) is 0 Å².